The van der Waals surface area contributed by atoms with Crippen molar-refractivity contribution >= 4 is 11.8 Å². The molecule has 3 fully saturated rings. The quantitative estimate of drug-likeness (QED) is 0.725. The lowest BCUT2D eigenvalue weighted by Gasteiger charge is -2.59. The fraction of sp³-hybridized carbons (Fsp3) is 0.882. The SMILES string of the molecule is CCC(=O)NCC1CC2(C1)CN(C(=O)CCN1CCNCC1)C2. The highest BCUT2D eigenvalue weighted by Crippen LogP contribution is 2.51. The average Bonchev–Trinajstić information content (AvgIpc) is 2.50. The first-order chi connectivity index (χ1) is 11.1. The van der Waals surface area contributed by atoms with Crippen molar-refractivity contribution in [2.45, 2.75) is 32.6 Å². The van der Waals surface area contributed by atoms with Crippen LogP contribution in [0.4, 0.5) is 0 Å². The molecule has 3 aliphatic rings. The fourth-order valence-electron chi connectivity index (χ4n) is 4.24. The smallest absolute Gasteiger partial charge is 0.223 e. The van der Waals surface area contributed by atoms with Crippen LogP contribution in [0.15, 0.2) is 0 Å². The molecule has 6 nitrogen and oxygen atoms in total. The number of nitrogens with zero attached hydrogens (tertiary/aromatic N) is 2. The molecular weight excluding hydrogens is 292 g/mol. The minimum Gasteiger partial charge on any atom is -0.356 e. The van der Waals surface area contributed by atoms with Crippen LogP contribution >= 0.6 is 0 Å². The third-order valence-corrected chi connectivity index (χ3v) is 5.61. The second-order valence-corrected chi connectivity index (χ2v) is 7.52. The number of carbonyl (C=O) groups excluding carboxylic acids is 2. The van der Waals surface area contributed by atoms with Gasteiger partial charge < -0.3 is 20.4 Å². The Balaban J connectivity index is 1.29. The molecule has 6 heteroatoms. The van der Waals surface area contributed by atoms with Crippen LogP contribution in [0.3, 0.4) is 0 Å². The molecule has 0 aromatic carbocycles. The van der Waals surface area contributed by atoms with Gasteiger partial charge >= 0.3 is 0 Å². The molecule has 2 N–H and O–H groups in total. The Morgan fingerprint density at radius 1 is 1.22 bits per heavy atom. The number of rotatable bonds is 6. The van der Waals surface area contributed by atoms with E-state index < -0.39 is 0 Å². The molecule has 1 spiro atoms. The molecule has 3 rings (SSSR count). The molecule has 2 aliphatic heterocycles. The molecule has 130 valence electrons. The van der Waals surface area contributed by atoms with Crippen molar-refractivity contribution < 1.29 is 9.59 Å². The first-order valence-electron chi connectivity index (χ1n) is 9.08. The summed E-state index contributed by atoms with van der Waals surface area (Å²) in [4.78, 5) is 27.9. The van der Waals surface area contributed by atoms with Gasteiger partial charge in [-0.15, -0.1) is 0 Å². The minimum absolute atomic E-state index is 0.143. The van der Waals surface area contributed by atoms with Crippen LogP contribution in [0.25, 0.3) is 0 Å². The number of likely N-dealkylation sites (tertiary alicyclic amines) is 1. The van der Waals surface area contributed by atoms with Crippen molar-refractivity contribution in [3.63, 3.8) is 0 Å². The summed E-state index contributed by atoms with van der Waals surface area (Å²) in [5.74, 6) is 1.07. The molecular formula is C17H30N4O2. The Morgan fingerprint density at radius 3 is 2.57 bits per heavy atom. The van der Waals surface area contributed by atoms with Crippen LogP contribution in [0, 0.1) is 11.3 Å². The van der Waals surface area contributed by atoms with Crippen molar-refractivity contribution in [3.05, 3.63) is 0 Å². The summed E-state index contributed by atoms with van der Waals surface area (Å²) in [7, 11) is 0. The molecule has 2 amide bonds. The van der Waals surface area contributed by atoms with Crippen LogP contribution in [0.2, 0.25) is 0 Å². The highest BCUT2D eigenvalue weighted by Gasteiger charge is 2.53. The molecule has 1 aliphatic carbocycles. The van der Waals surface area contributed by atoms with E-state index in [1.54, 1.807) is 0 Å². The number of piperazine rings is 1. The number of carbonyl (C=O) groups is 2. The topological polar surface area (TPSA) is 64.7 Å². The van der Waals surface area contributed by atoms with E-state index in [1.165, 1.54) is 12.8 Å². The van der Waals surface area contributed by atoms with Gasteiger partial charge in [-0.3, -0.25) is 9.59 Å². The highest BCUT2D eigenvalue weighted by atomic mass is 16.2. The summed E-state index contributed by atoms with van der Waals surface area (Å²) >= 11 is 0. The Hall–Kier alpha value is -1.14. The summed E-state index contributed by atoms with van der Waals surface area (Å²) < 4.78 is 0. The predicted molar refractivity (Wildman–Crippen MR) is 89.0 cm³/mol. The van der Waals surface area contributed by atoms with E-state index in [9.17, 15) is 9.59 Å². The van der Waals surface area contributed by atoms with Gasteiger partial charge in [0.15, 0.2) is 0 Å². The summed E-state index contributed by atoms with van der Waals surface area (Å²) in [6.45, 7) is 9.66. The van der Waals surface area contributed by atoms with Crippen molar-refractivity contribution in [1.82, 2.24) is 20.4 Å². The summed E-state index contributed by atoms with van der Waals surface area (Å²) in [6, 6.07) is 0. The zero-order valence-corrected chi connectivity index (χ0v) is 14.3. The first kappa shape index (κ1) is 16.7. The van der Waals surface area contributed by atoms with Crippen LogP contribution in [0.1, 0.15) is 32.6 Å². The third kappa shape index (κ3) is 4.04. The normalized spacial score (nSPS) is 24.1. The monoisotopic (exact) mass is 322 g/mol. The molecule has 23 heavy (non-hydrogen) atoms. The maximum atomic E-state index is 12.3. The number of amides is 2. The number of hydrogen-bond acceptors (Lipinski definition) is 4. The van der Waals surface area contributed by atoms with E-state index in [0.29, 0.717) is 30.1 Å². The van der Waals surface area contributed by atoms with E-state index in [1.807, 2.05) is 11.8 Å². The van der Waals surface area contributed by atoms with Crippen molar-refractivity contribution in [3.8, 4) is 0 Å². The van der Waals surface area contributed by atoms with Crippen molar-refractivity contribution in [2.75, 3.05) is 52.4 Å². The van der Waals surface area contributed by atoms with E-state index in [2.05, 4.69) is 15.5 Å². The molecule has 0 bridgehead atoms. The van der Waals surface area contributed by atoms with Crippen LogP contribution in [0.5, 0.6) is 0 Å². The molecule has 0 aromatic heterocycles. The van der Waals surface area contributed by atoms with Gasteiger partial charge in [0.2, 0.25) is 11.8 Å². The average molecular weight is 322 g/mol. The summed E-state index contributed by atoms with van der Waals surface area (Å²) in [6.07, 6.45) is 3.55. The van der Waals surface area contributed by atoms with Crippen LogP contribution in [-0.2, 0) is 9.59 Å². The fourth-order valence-corrected chi connectivity index (χ4v) is 4.24. The van der Waals surface area contributed by atoms with Gasteiger partial charge in [0.25, 0.3) is 0 Å². The minimum atomic E-state index is 0.143. The highest BCUT2D eigenvalue weighted by molar-refractivity contribution is 5.77. The largest absolute Gasteiger partial charge is 0.356 e. The number of hydrogen-bond donors (Lipinski definition) is 2. The van der Waals surface area contributed by atoms with E-state index in [4.69, 9.17) is 0 Å². The maximum Gasteiger partial charge on any atom is 0.223 e. The second-order valence-electron chi connectivity index (χ2n) is 7.52. The van der Waals surface area contributed by atoms with Gasteiger partial charge in [-0.25, -0.2) is 0 Å². The van der Waals surface area contributed by atoms with Gasteiger partial charge in [0.1, 0.15) is 0 Å². The van der Waals surface area contributed by atoms with E-state index in [0.717, 1.165) is 52.4 Å². The molecule has 0 unspecified atom stereocenters. The Bertz CT molecular complexity index is 434. The Labute approximate surface area is 139 Å². The molecule has 1 saturated carbocycles. The first-order valence-corrected chi connectivity index (χ1v) is 9.08. The van der Waals surface area contributed by atoms with Gasteiger partial charge in [-0.05, 0) is 18.8 Å². The Morgan fingerprint density at radius 2 is 1.91 bits per heavy atom. The molecule has 2 heterocycles. The molecule has 0 aromatic rings. The van der Waals surface area contributed by atoms with Crippen LogP contribution < -0.4 is 10.6 Å². The van der Waals surface area contributed by atoms with Gasteiger partial charge in [-0.2, -0.15) is 0 Å². The predicted octanol–water partition coefficient (Wildman–Crippen LogP) is 0.0465. The maximum absolute atomic E-state index is 12.3. The lowest BCUT2D eigenvalue weighted by molar-refractivity contribution is -0.155. The third-order valence-electron chi connectivity index (χ3n) is 5.61. The van der Waals surface area contributed by atoms with Crippen molar-refractivity contribution in [1.29, 1.82) is 0 Å². The molecule has 2 saturated heterocycles. The van der Waals surface area contributed by atoms with Crippen LogP contribution in [-0.4, -0.2) is 74.0 Å². The summed E-state index contributed by atoms with van der Waals surface area (Å²) in [5, 5.41) is 6.32. The zero-order chi connectivity index (χ0) is 16.3. The van der Waals surface area contributed by atoms with E-state index >= 15 is 0 Å². The summed E-state index contributed by atoms with van der Waals surface area (Å²) in [5.41, 5.74) is 0.381. The zero-order valence-electron chi connectivity index (χ0n) is 14.3. The number of nitrogens with one attached hydrogen (secondary N) is 2. The lowest BCUT2D eigenvalue weighted by atomic mass is 9.57. The van der Waals surface area contributed by atoms with Gasteiger partial charge in [-0.1, -0.05) is 6.92 Å². The van der Waals surface area contributed by atoms with Crippen molar-refractivity contribution in [2.24, 2.45) is 11.3 Å². The Kier molecular flexibility index (Phi) is 5.21. The molecule has 0 radical (unpaired) electrons. The molecule has 0 atom stereocenters. The van der Waals surface area contributed by atoms with Gasteiger partial charge in [0.05, 0.1) is 0 Å². The second kappa shape index (κ2) is 7.18. The standard InChI is InChI=1S/C17H30N4O2/c1-2-15(22)19-11-14-9-17(10-14)12-21(13-17)16(23)3-6-20-7-4-18-5-8-20/h14,18H,2-13H2,1H3,(H,19,22). The van der Waals surface area contributed by atoms with E-state index in [-0.39, 0.29) is 5.91 Å². The van der Waals surface area contributed by atoms with Gasteiger partial charge in [0, 0.05) is 70.6 Å². The lowest BCUT2D eigenvalue weighted by Crippen LogP contribution is -2.64.